The lowest BCUT2D eigenvalue weighted by molar-refractivity contribution is -0.137. The maximum Gasteiger partial charge on any atom is 0.416 e. The van der Waals surface area contributed by atoms with Crippen molar-refractivity contribution in [1.82, 2.24) is 4.98 Å². The highest BCUT2D eigenvalue weighted by atomic mass is 35.5. The van der Waals surface area contributed by atoms with Crippen molar-refractivity contribution < 1.29 is 17.9 Å². The molecular formula is C14H11ClF3NO. The number of rotatable bonds is 3. The van der Waals surface area contributed by atoms with Crippen LogP contribution in [-0.2, 0) is 12.8 Å². The lowest BCUT2D eigenvalue weighted by Crippen LogP contribution is -2.07. The number of benzene rings is 1. The molecule has 2 nitrogen and oxygen atoms in total. The maximum absolute atomic E-state index is 12.5. The van der Waals surface area contributed by atoms with Gasteiger partial charge in [0.15, 0.2) is 0 Å². The van der Waals surface area contributed by atoms with Gasteiger partial charge in [-0.15, -0.1) is 0 Å². The van der Waals surface area contributed by atoms with E-state index >= 15 is 0 Å². The molecular weight excluding hydrogens is 291 g/mol. The Morgan fingerprint density at radius 2 is 1.95 bits per heavy atom. The van der Waals surface area contributed by atoms with Crippen LogP contribution in [-0.4, -0.2) is 4.98 Å². The van der Waals surface area contributed by atoms with E-state index in [1.54, 1.807) is 18.2 Å². The van der Waals surface area contributed by atoms with Gasteiger partial charge < -0.3 is 4.74 Å². The fourth-order valence-corrected chi connectivity index (χ4v) is 1.90. The Labute approximate surface area is 119 Å². The van der Waals surface area contributed by atoms with Crippen LogP contribution in [0, 0.1) is 6.92 Å². The van der Waals surface area contributed by atoms with Gasteiger partial charge in [-0.2, -0.15) is 13.2 Å². The molecule has 0 aliphatic carbocycles. The zero-order valence-corrected chi connectivity index (χ0v) is 11.3. The Bertz CT molecular complexity index is 614. The van der Waals surface area contributed by atoms with E-state index in [-0.39, 0.29) is 12.3 Å². The number of ether oxygens (including phenoxy) is 1. The summed E-state index contributed by atoms with van der Waals surface area (Å²) in [5, 5.41) is 0.414. The first-order chi connectivity index (χ1) is 9.36. The molecule has 2 rings (SSSR count). The van der Waals surface area contributed by atoms with Crippen molar-refractivity contribution in [1.29, 1.82) is 0 Å². The third-order valence-electron chi connectivity index (χ3n) is 2.61. The predicted octanol–water partition coefficient (Wildman–Crippen LogP) is 4.64. The van der Waals surface area contributed by atoms with Crippen LogP contribution in [0.25, 0.3) is 0 Å². The van der Waals surface area contributed by atoms with Crippen LogP contribution >= 0.6 is 11.6 Å². The van der Waals surface area contributed by atoms with Crippen LogP contribution in [0.2, 0.25) is 5.02 Å². The highest BCUT2D eigenvalue weighted by Gasteiger charge is 2.30. The number of nitrogens with zero attached hydrogens (tertiary/aromatic N) is 1. The molecule has 0 saturated heterocycles. The first-order valence-corrected chi connectivity index (χ1v) is 6.15. The molecule has 0 aliphatic rings. The smallest absolute Gasteiger partial charge is 0.416 e. The molecule has 106 valence electrons. The molecule has 6 heteroatoms. The fourth-order valence-electron chi connectivity index (χ4n) is 1.61. The number of halogens is 4. The fraction of sp³-hybridized carbons (Fsp3) is 0.214. The standard InChI is InChI=1S/C14H11ClF3NO/c1-9-2-3-13(12(15)6-9)20-8-11-7-10(4-5-19-11)14(16,17)18/h2-7H,8H2,1H3. The molecule has 2 aromatic rings. The molecule has 0 unspecified atom stereocenters. The molecule has 0 spiro atoms. The summed E-state index contributed by atoms with van der Waals surface area (Å²) in [5.41, 5.74) is 0.414. The van der Waals surface area contributed by atoms with Gasteiger partial charge in [0.1, 0.15) is 12.4 Å². The average Bonchev–Trinajstić information content (AvgIpc) is 2.37. The second kappa shape index (κ2) is 5.71. The van der Waals surface area contributed by atoms with E-state index in [4.69, 9.17) is 16.3 Å². The molecule has 0 aliphatic heterocycles. The Hall–Kier alpha value is -1.75. The number of aryl methyl sites for hydroxylation is 1. The normalized spacial score (nSPS) is 11.4. The summed E-state index contributed by atoms with van der Waals surface area (Å²) in [4.78, 5) is 3.85. The highest BCUT2D eigenvalue weighted by molar-refractivity contribution is 6.32. The van der Waals surface area contributed by atoms with E-state index in [9.17, 15) is 13.2 Å². The molecule has 1 aromatic carbocycles. The molecule has 0 atom stereocenters. The molecule has 0 amide bonds. The minimum Gasteiger partial charge on any atom is -0.486 e. The van der Waals surface area contributed by atoms with Crippen LogP contribution in [0.1, 0.15) is 16.8 Å². The van der Waals surface area contributed by atoms with Crippen LogP contribution in [0.15, 0.2) is 36.5 Å². The molecule has 1 aromatic heterocycles. The van der Waals surface area contributed by atoms with E-state index in [0.717, 1.165) is 23.9 Å². The van der Waals surface area contributed by atoms with Gasteiger partial charge in [0.25, 0.3) is 0 Å². The van der Waals surface area contributed by atoms with E-state index in [0.29, 0.717) is 10.8 Å². The number of hydrogen-bond acceptors (Lipinski definition) is 2. The SMILES string of the molecule is Cc1ccc(OCc2cc(C(F)(F)F)ccn2)c(Cl)c1. The van der Waals surface area contributed by atoms with Crippen molar-refractivity contribution in [3.8, 4) is 5.75 Å². The second-order valence-electron chi connectivity index (χ2n) is 4.26. The van der Waals surface area contributed by atoms with Crippen molar-refractivity contribution in [3.05, 3.63) is 58.4 Å². The minimum atomic E-state index is -4.39. The maximum atomic E-state index is 12.5. The van der Waals surface area contributed by atoms with Crippen molar-refractivity contribution in [2.45, 2.75) is 19.7 Å². The van der Waals surface area contributed by atoms with E-state index < -0.39 is 11.7 Å². The molecule has 0 N–H and O–H groups in total. The molecule has 1 heterocycles. The highest BCUT2D eigenvalue weighted by Crippen LogP contribution is 2.30. The van der Waals surface area contributed by atoms with Crippen LogP contribution < -0.4 is 4.74 Å². The van der Waals surface area contributed by atoms with E-state index in [2.05, 4.69) is 4.98 Å². The van der Waals surface area contributed by atoms with Gasteiger partial charge in [0, 0.05) is 6.20 Å². The Kier molecular flexibility index (Phi) is 4.18. The zero-order chi connectivity index (χ0) is 14.8. The lowest BCUT2D eigenvalue weighted by atomic mass is 10.2. The number of hydrogen-bond donors (Lipinski definition) is 0. The summed E-state index contributed by atoms with van der Waals surface area (Å²) >= 11 is 5.97. The molecule has 0 radical (unpaired) electrons. The van der Waals surface area contributed by atoms with Crippen LogP contribution in [0.3, 0.4) is 0 Å². The summed E-state index contributed by atoms with van der Waals surface area (Å²) in [5.74, 6) is 0.413. The topological polar surface area (TPSA) is 22.1 Å². The summed E-state index contributed by atoms with van der Waals surface area (Å²) < 4.78 is 43.0. The minimum absolute atomic E-state index is 0.0767. The first-order valence-electron chi connectivity index (χ1n) is 5.77. The zero-order valence-electron chi connectivity index (χ0n) is 10.5. The summed E-state index contributed by atoms with van der Waals surface area (Å²) in [6, 6.07) is 7.08. The monoisotopic (exact) mass is 301 g/mol. The van der Waals surface area contributed by atoms with Gasteiger partial charge in [-0.05, 0) is 36.8 Å². The predicted molar refractivity (Wildman–Crippen MR) is 69.8 cm³/mol. The summed E-state index contributed by atoms with van der Waals surface area (Å²) in [6.45, 7) is 1.80. The van der Waals surface area contributed by atoms with Crippen molar-refractivity contribution in [3.63, 3.8) is 0 Å². The molecule has 0 bridgehead atoms. The van der Waals surface area contributed by atoms with Gasteiger partial charge in [0.05, 0.1) is 16.3 Å². The lowest BCUT2D eigenvalue weighted by Gasteiger charge is -2.10. The summed E-state index contributed by atoms with van der Waals surface area (Å²) in [6.07, 6.45) is -3.28. The number of aromatic nitrogens is 1. The van der Waals surface area contributed by atoms with Gasteiger partial charge in [-0.3, -0.25) is 4.98 Å². The van der Waals surface area contributed by atoms with Crippen LogP contribution in [0.5, 0.6) is 5.75 Å². The number of pyridine rings is 1. The molecule has 0 fully saturated rings. The Morgan fingerprint density at radius 3 is 2.60 bits per heavy atom. The third-order valence-corrected chi connectivity index (χ3v) is 2.90. The van der Waals surface area contributed by atoms with Gasteiger partial charge >= 0.3 is 6.18 Å². The third kappa shape index (κ3) is 3.63. The molecule has 0 saturated carbocycles. The average molecular weight is 302 g/mol. The largest absolute Gasteiger partial charge is 0.486 e. The first kappa shape index (κ1) is 14.7. The van der Waals surface area contributed by atoms with Crippen LogP contribution in [0.4, 0.5) is 13.2 Å². The number of alkyl halides is 3. The van der Waals surface area contributed by atoms with E-state index in [1.807, 2.05) is 6.92 Å². The molecule has 20 heavy (non-hydrogen) atoms. The van der Waals surface area contributed by atoms with Gasteiger partial charge in [-0.1, -0.05) is 17.7 Å². The Morgan fingerprint density at radius 1 is 1.20 bits per heavy atom. The second-order valence-corrected chi connectivity index (χ2v) is 4.66. The van der Waals surface area contributed by atoms with Gasteiger partial charge in [0.2, 0.25) is 0 Å². The quantitative estimate of drug-likeness (QED) is 0.824. The summed E-state index contributed by atoms with van der Waals surface area (Å²) in [7, 11) is 0. The van der Waals surface area contributed by atoms with E-state index in [1.165, 1.54) is 0 Å². The van der Waals surface area contributed by atoms with Crippen molar-refractivity contribution >= 4 is 11.6 Å². The van der Waals surface area contributed by atoms with Crippen molar-refractivity contribution in [2.75, 3.05) is 0 Å². The van der Waals surface area contributed by atoms with Gasteiger partial charge in [-0.25, -0.2) is 0 Å². The Balaban J connectivity index is 2.11. The van der Waals surface area contributed by atoms with Crippen molar-refractivity contribution in [2.24, 2.45) is 0 Å².